The summed E-state index contributed by atoms with van der Waals surface area (Å²) in [6.45, 7) is 2.44. The number of hydrogen-bond acceptors (Lipinski definition) is 3. The van der Waals surface area contributed by atoms with Crippen molar-refractivity contribution in [2.45, 2.75) is 12.4 Å². The Kier molecular flexibility index (Phi) is 6.82. The van der Waals surface area contributed by atoms with Gasteiger partial charge in [0, 0.05) is 37.9 Å². The highest BCUT2D eigenvalue weighted by Gasteiger charge is 2.37. The highest BCUT2D eigenvalue weighted by Crippen LogP contribution is 2.38. The predicted molar refractivity (Wildman–Crippen MR) is 110 cm³/mol. The molecule has 1 saturated heterocycles. The van der Waals surface area contributed by atoms with E-state index in [2.05, 4.69) is 0 Å². The van der Waals surface area contributed by atoms with Gasteiger partial charge in [-0.25, -0.2) is 0 Å². The van der Waals surface area contributed by atoms with Crippen LogP contribution in [-0.2, 0) is 11.0 Å². The van der Waals surface area contributed by atoms with Crippen molar-refractivity contribution in [3.8, 4) is 0 Å². The minimum atomic E-state index is -4.86. The summed E-state index contributed by atoms with van der Waals surface area (Å²) in [4.78, 5) is 16.1. The number of allylic oxidation sites excluding steroid dienone is 1. The van der Waals surface area contributed by atoms with Crippen molar-refractivity contribution >= 4 is 22.9 Å². The van der Waals surface area contributed by atoms with Crippen molar-refractivity contribution in [2.24, 2.45) is 0 Å². The molecule has 0 bridgehead atoms. The van der Waals surface area contributed by atoms with E-state index in [1.807, 2.05) is 17.3 Å². The Bertz CT molecular complexity index is 977. The van der Waals surface area contributed by atoms with Crippen LogP contribution in [0.2, 0.25) is 0 Å². The van der Waals surface area contributed by atoms with Gasteiger partial charge >= 0.3 is 12.4 Å². The summed E-state index contributed by atoms with van der Waals surface area (Å²) in [6.07, 6.45) is -9.40. The molecule has 1 fully saturated rings. The molecule has 0 radical (unpaired) electrons. The molecule has 1 aliphatic heterocycles. The Morgan fingerprint density at radius 3 is 2.12 bits per heavy atom. The molecule has 10 heteroatoms. The minimum absolute atomic E-state index is 0.267. The largest absolute Gasteiger partial charge is 0.418 e. The third kappa shape index (κ3) is 5.82. The quantitative estimate of drug-likeness (QED) is 0.516. The number of carbonyl (C=O) groups is 1. The lowest BCUT2D eigenvalue weighted by atomic mass is 10.0. The summed E-state index contributed by atoms with van der Waals surface area (Å²) >= 11 is 0. The molecule has 2 aromatic rings. The Labute approximate surface area is 181 Å². The van der Waals surface area contributed by atoms with Gasteiger partial charge in [0.25, 0.3) is 0 Å². The molecule has 1 aliphatic rings. The van der Waals surface area contributed by atoms with Crippen LogP contribution < -0.4 is 10.2 Å². The van der Waals surface area contributed by atoms with Crippen molar-refractivity contribution in [3.05, 3.63) is 65.7 Å². The van der Waals surface area contributed by atoms with Crippen LogP contribution in [0.25, 0.3) is 5.57 Å². The number of anilines is 2. The van der Waals surface area contributed by atoms with E-state index in [-0.39, 0.29) is 11.6 Å². The van der Waals surface area contributed by atoms with E-state index < -0.39 is 35.1 Å². The zero-order valence-electron chi connectivity index (χ0n) is 17.1. The molecule has 0 unspecified atom stereocenters. The second-order valence-electron chi connectivity index (χ2n) is 7.43. The molecule has 4 nitrogen and oxygen atoms in total. The van der Waals surface area contributed by atoms with Crippen LogP contribution in [0.3, 0.4) is 0 Å². The molecule has 0 spiro atoms. The average Bonchev–Trinajstić information content (AvgIpc) is 2.72. The Morgan fingerprint density at radius 2 is 1.56 bits per heavy atom. The number of nitrogens with one attached hydrogen (secondary N) is 1. The number of nitrogens with zero attached hydrogens (tertiary/aromatic N) is 2. The SMILES string of the molecule is CN1CCN(c2ccc(NC(=O)/C=C(/c3ccccc3)C(F)(F)F)c(C(F)(F)F)c2)CC1. The zero-order chi connectivity index (χ0) is 23.5. The van der Waals surface area contributed by atoms with Gasteiger partial charge in [0.05, 0.1) is 16.8 Å². The molecule has 0 atom stereocenters. The smallest absolute Gasteiger partial charge is 0.369 e. The highest BCUT2D eigenvalue weighted by molar-refractivity contribution is 6.05. The van der Waals surface area contributed by atoms with Crippen LogP contribution >= 0.6 is 0 Å². The summed E-state index contributed by atoms with van der Waals surface area (Å²) in [6, 6.07) is 9.97. The van der Waals surface area contributed by atoms with E-state index in [1.54, 1.807) is 4.90 Å². The molecule has 0 aliphatic carbocycles. The fourth-order valence-electron chi connectivity index (χ4n) is 3.38. The first-order valence-electron chi connectivity index (χ1n) is 9.75. The van der Waals surface area contributed by atoms with Gasteiger partial charge in [-0.2, -0.15) is 26.3 Å². The number of halogens is 6. The van der Waals surface area contributed by atoms with Gasteiger partial charge < -0.3 is 15.1 Å². The van der Waals surface area contributed by atoms with Crippen LogP contribution in [0.15, 0.2) is 54.6 Å². The second kappa shape index (κ2) is 9.23. The molecular weight excluding hydrogens is 436 g/mol. The van der Waals surface area contributed by atoms with Crippen LogP contribution in [0.4, 0.5) is 37.7 Å². The molecular formula is C22H21F6N3O. The molecule has 0 aromatic heterocycles. The third-order valence-corrected chi connectivity index (χ3v) is 5.10. The standard InChI is InChI=1S/C22H21F6N3O/c1-30-9-11-31(12-10-30)16-7-8-19(18(13-16)22(26,27)28)29-20(32)14-17(21(23,24)25)15-5-3-2-4-6-15/h2-8,13-14H,9-12H2,1H3,(H,29,32)/b17-14-. The van der Waals surface area contributed by atoms with E-state index in [9.17, 15) is 31.1 Å². The Balaban J connectivity index is 1.90. The average molecular weight is 457 g/mol. The number of amides is 1. The molecule has 2 aromatic carbocycles. The topological polar surface area (TPSA) is 35.6 Å². The Morgan fingerprint density at radius 1 is 0.938 bits per heavy atom. The number of carbonyl (C=O) groups excluding carboxylic acids is 1. The van der Waals surface area contributed by atoms with E-state index in [1.165, 1.54) is 36.4 Å². The number of hydrogen-bond donors (Lipinski definition) is 1. The molecule has 1 heterocycles. The van der Waals surface area contributed by atoms with Crippen LogP contribution in [0.5, 0.6) is 0 Å². The predicted octanol–water partition coefficient (Wildman–Crippen LogP) is 5.04. The van der Waals surface area contributed by atoms with Crippen molar-refractivity contribution in [3.63, 3.8) is 0 Å². The third-order valence-electron chi connectivity index (χ3n) is 5.10. The first kappa shape index (κ1) is 23.6. The normalized spacial score (nSPS) is 16.2. The summed E-state index contributed by atoms with van der Waals surface area (Å²) in [5.74, 6) is -1.31. The summed E-state index contributed by atoms with van der Waals surface area (Å²) in [5.41, 5.74) is -2.91. The lowest BCUT2D eigenvalue weighted by Crippen LogP contribution is -2.44. The molecule has 0 saturated carbocycles. The van der Waals surface area contributed by atoms with Gasteiger partial charge in [-0.15, -0.1) is 0 Å². The maximum absolute atomic E-state index is 13.7. The van der Waals surface area contributed by atoms with Crippen molar-refractivity contribution in [1.82, 2.24) is 4.90 Å². The van der Waals surface area contributed by atoms with Crippen LogP contribution in [0, 0.1) is 0 Å². The van der Waals surface area contributed by atoms with Crippen LogP contribution in [0.1, 0.15) is 11.1 Å². The van der Waals surface area contributed by atoms with Crippen LogP contribution in [-0.4, -0.2) is 50.2 Å². The van der Waals surface area contributed by atoms with Gasteiger partial charge in [0.15, 0.2) is 0 Å². The molecule has 32 heavy (non-hydrogen) atoms. The van der Waals surface area contributed by atoms with E-state index in [0.29, 0.717) is 31.9 Å². The number of rotatable bonds is 4. The minimum Gasteiger partial charge on any atom is -0.369 e. The summed E-state index contributed by atoms with van der Waals surface area (Å²) in [5, 5.41) is 1.96. The van der Waals surface area contributed by atoms with Gasteiger partial charge in [-0.05, 0) is 30.8 Å². The fraction of sp³-hybridized carbons (Fsp3) is 0.318. The second-order valence-corrected chi connectivity index (χ2v) is 7.43. The maximum atomic E-state index is 13.7. The number of alkyl halides is 6. The zero-order valence-corrected chi connectivity index (χ0v) is 17.1. The highest BCUT2D eigenvalue weighted by atomic mass is 19.4. The Hall–Kier alpha value is -3.01. The molecule has 172 valence electrons. The monoisotopic (exact) mass is 457 g/mol. The van der Waals surface area contributed by atoms with E-state index >= 15 is 0 Å². The molecule has 3 rings (SSSR count). The van der Waals surface area contributed by atoms with Gasteiger partial charge in [0.2, 0.25) is 5.91 Å². The van der Waals surface area contributed by atoms with Gasteiger partial charge in [0.1, 0.15) is 0 Å². The first-order valence-corrected chi connectivity index (χ1v) is 9.75. The van der Waals surface area contributed by atoms with Crippen molar-refractivity contribution in [2.75, 3.05) is 43.4 Å². The lowest BCUT2D eigenvalue weighted by molar-refractivity contribution is -0.136. The fourth-order valence-corrected chi connectivity index (χ4v) is 3.38. The summed E-state index contributed by atoms with van der Waals surface area (Å²) in [7, 11) is 1.91. The number of piperazine rings is 1. The van der Waals surface area contributed by atoms with Crippen molar-refractivity contribution in [1.29, 1.82) is 0 Å². The van der Waals surface area contributed by atoms with E-state index in [4.69, 9.17) is 0 Å². The summed E-state index contributed by atoms with van der Waals surface area (Å²) < 4.78 is 81.2. The number of likely N-dealkylation sites (N-methyl/N-ethyl adjacent to an activating group) is 1. The molecule has 1 N–H and O–H groups in total. The van der Waals surface area contributed by atoms with Crippen molar-refractivity contribution < 1.29 is 31.1 Å². The maximum Gasteiger partial charge on any atom is 0.418 e. The molecule has 1 amide bonds. The number of benzene rings is 2. The first-order chi connectivity index (χ1) is 14.9. The van der Waals surface area contributed by atoms with E-state index in [0.717, 1.165) is 12.1 Å². The van der Waals surface area contributed by atoms with Gasteiger partial charge in [-0.1, -0.05) is 30.3 Å². The van der Waals surface area contributed by atoms with Gasteiger partial charge in [-0.3, -0.25) is 4.79 Å². The lowest BCUT2D eigenvalue weighted by Gasteiger charge is -2.34.